The molecule has 0 aromatic rings. The van der Waals surface area contributed by atoms with Crippen LogP contribution in [0.5, 0.6) is 0 Å². The highest BCUT2D eigenvalue weighted by Gasteiger charge is 2.19. The van der Waals surface area contributed by atoms with E-state index in [-0.39, 0.29) is 31.1 Å². The van der Waals surface area contributed by atoms with Crippen molar-refractivity contribution < 1.29 is 28.6 Å². The summed E-state index contributed by atoms with van der Waals surface area (Å²) in [5.41, 5.74) is 0. The molecule has 6 heteroatoms. The first-order chi connectivity index (χ1) is 34.5. The molecule has 0 saturated carbocycles. The molecule has 0 N–H and O–H groups in total. The van der Waals surface area contributed by atoms with E-state index in [9.17, 15) is 14.4 Å². The van der Waals surface area contributed by atoms with Crippen LogP contribution in [0.2, 0.25) is 0 Å². The Balaban J connectivity index is 4.48. The third-order valence-electron chi connectivity index (χ3n) is 11.7. The van der Waals surface area contributed by atoms with E-state index in [0.717, 1.165) is 173 Å². The predicted octanol–water partition coefficient (Wildman–Crippen LogP) is 19.3. The van der Waals surface area contributed by atoms with Gasteiger partial charge in [0.05, 0.1) is 0 Å². The second-order valence-corrected chi connectivity index (χ2v) is 18.4. The lowest BCUT2D eigenvalue weighted by atomic mass is 10.1. The summed E-state index contributed by atoms with van der Waals surface area (Å²) in [6, 6.07) is 0. The molecule has 0 heterocycles. The number of esters is 3. The minimum Gasteiger partial charge on any atom is -0.462 e. The second kappa shape index (κ2) is 57.4. The van der Waals surface area contributed by atoms with Crippen molar-refractivity contribution in [2.24, 2.45) is 0 Å². The smallest absolute Gasteiger partial charge is 0.306 e. The van der Waals surface area contributed by atoms with Gasteiger partial charge < -0.3 is 14.2 Å². The van der Waals surface area contributed by atoms with Gasteiger partial charge in [-0.1, -0.05) is 219 Å². The molecule has 0 aliphatic carbocycles. The Morgan fingerprint density at radius 1 is 0.300 bits per heavy atom. The molecule has 6 nitrogen and oxygen atoms in total. The normalized spacial score (nSPS) is 13.0. The van der Waals surface area contributed by atoms with Gasteiger partial charge in [0.25, 0.3) is 0 Å². The van der Waals surface area contributed by atoms with Crippen LogP contribution in [0.3, 0.4) is 0 Å². The van der Waals surface area contributed by atoms with Gasteiger partial charge in [-0.05, 0) is 128 Å². The lowest BCUT2D eigenvalue weighted by Gasteiger charge is -2.18. The topological polar surface area (TPSA) is 78.9 Å². The molecular formula is C64H104O6. The summed E-state index contributed by atoms with van der Waals surface area (Å²) >= 11 is 0. The molecule has 0 rings (SSSR count). The molecule has 1 atom stereocenters. The van der Waals surface area contributed by atoms with Gasteiger partial charge in [-0.25, -0.2) is 0 Å². The monoisotopic (exact) mass is 969 g/mol. The van der Waals surface area contributed by atoms with Crippen molar-refractivity contribution in [1.82, 2.24) is 0 Å². The Hall–Kier alpha value is -4.19. The van der Waals surface area contributed by atoms with Gasteiger partial charge in [-0.15, -0.1) is 0 Å². The zero-order valence-corrected chi connectivity index (χ0v) is 45.2. The van der Waals surface area contributed by atoms with E-state index in [4.69, 9.17) is 14.2 Å². The SMILES string of the molecule is CC/C=C\C/C=C\C/C=C\C/C=C\C/C=C\CCCCCCCC(=O)OCC(COC(=O)CCCCCCC/C=C\C/C=C\C/C=C\CC)OC(=O)CCCCCCC/C=C\C/C=C\CCCCCC. The number of rotatable bonds is 50. The van der Waals surface area contributed by atoms with Crippen LogP contribution in [0.1, 0.15) is 245 Å². The largest absolute Gasteiger partial charge is 0.462 e. The van der Waals surface area contributed by atoms with E-state index in [0.29, 0.717) is 19.3 Å². The standard InChI is InChI=1S/C64H104O6/c1-4-7-10-13-16-19-22-25-28-30-31-32-33-34-37-39-42-45-48-51-54-57-63(66)69-60-61(59-68-62(65)56-53-50-47-44-41-38-35-27-24-21-18-15-12-9-6-3)70-64(67)58-55-52-49-46-43-40-36-29-26-23-20-17-14-11-8-5-2/h7,9-10,12,16,18-21,23,25,27-29,31-32,34-37,61H,4-6,8,11,13-15,17,22,24,26,30,33,38-60H2,1-3H3/b10-7-,12-9-,19-16-,21-18-,23-20-,28-25-,32-31-,35-27-,36-29-,37-34-. The fraction of sp³-hybridized carbons (Fsp3) is 0.641. The molecule has 0 radical (unpaired) electrons. The number of carbonyl (C=O) groups is 3. The van der Waals surface area contributed by atoms with Crippen LogP contribution in [-0.2, 0) is 28.6 Å². The van der Waals surface area contributed by atoms with Crippen LogP contribution in [0.15, 0.2) is 122 Å². The Bertz CT molecular complexity index is 1490. The molecule has 0 fully saturated rings. The van der Waals surface area contributed by atoms with E-state index in [1.165, 1.54) is 32.1 Å². The summed E-state index contributed by atoms with van der Waals surface area (Å²) in [5, 5.41) is 0. The third-order valence-corrected chi connectivity index (χ3v) is 11.7. The highest BCUT2D eigenvalue weighted by molar-refractivity contribution is 5.71. The molecule has 396 valence electrons. The quantitative estimate of drug-likeness (QED) is 0.0262. The van der Waals surface area contributed by atoms with Gasteiger partial charge in [0.2, 0.25) is 0 Å². The summed E-state index contributed by atoms with van der Waals surface area (Å²) in [5.74, 6) is -0.953. The van der Waals surface area contributed by atoms with Gasteiger partial charge in [0.1, 0.15) is 13.2 Å². The van der Waals surface area contributed by atoms with Crippen molar-refractivity contribution in [3.8, 4) is 0 Å². The predicted molar refractivity (Wildman–Crippen MR) is 302 cm³/mol. The fourth-order valence-corrected chi connectivity index (χ4v) is 7.45. The maximum absolute atomic E-state index is 12.9. The lowest BCUT2D eigenvalue weighted by Crippen LogP contribution is -2.30. The van der Waals surface area contributed by atoms with Crippen LogP contribution in [-0.4, -0.2) is 37.2 Å². The Labute approximate surface area is 431 Å². The van der Waals surface area contributed by atoms with Gasteiger partial charge in [0, 0.05) is 19.3 Å². The molecule has 0 aliphatic heterocycles. The van der Waals surface area contributed by atoms with Gasteiger partial charge in [-0.3, -0.25) is 14.4 Å². The van der Waals surface area contributed by atoms with Crippen LogP contribution in [0.25, 0.3) is 0 Å². The van der Waals surface area contributed by atoms with Crippen LogP contribution < -0.4 is 0 Å². The molecule has 0 aliphatic rings. The van der Waals surface area contributed by atoms with Crippen molar-refractivity contribution in [1.29, 1.82) is 0 Å². The summed E-state index contributed by atoms with van der Waals surface area (Å²) < 4.78 is 16.8. The number of unbranched alkanes of at least 4 members (excludes halogenated alkanes) is 19. The van der Waals surface area contributed by atoms with Gasteiger partial charge >= 0.3 is 17.9 Å². The molecule has 0 amide bonds. The molecule has 0 aromatic heterocycles. The van der Waals surface area contributed by atoms with E-state index in [1.54, 1.807) is 0 Å². The van der Waals surface area contributed by atoms with E-state index in [1.807, 2.05) is 0 Å². The molecule has 0 saturated heterocycles. The maximum atomic E-state index is 12.9. The van der Waals surface area contributed by atoms with Crippen molar-refractivity contribution in [2.75, 3.05) is 13.2 Å². The number of hydrogen-bond acceptors (Lipinski definition) is 6. The van der Waals surface area contributed by atoms with Crippen molar-refractivity contribution in [3.05, 3.63) is 122 Å². The number of hydrogen-bond donors (Lipinski definition) is 0. The molecule has 0 spiro atoms. The fourth-order valence-electron chi connectivity index (χ4n) is 7.45. The van der Waals surface area contributed by atoms with Crippen molar-refractivity contribution in [3.63, 3.8) is 0 Å². The van der Waals surface area contributed by atoms with Crippen LogP contribution in [0, 0.1) is 0 Å². The average molecular weight is 970 g/mol. The van der Waals surface area contributed by atoms with Crippen molar-refractivity contribution >= 4 is 17.9 Å². The lowest BCUT2D eigenvalue weighted by molar-refractivity contribution is -0.167. The molecule has 1 unspecified atom stereocenters. The van der Waals surface area contributed by atoms with Crippen molar-refractivity contribution in [2.45, 2.75) is 252 Å². The average Bonchev–Trinajstić information content (AvgIpc) is 3.36. The number of ether oxygens (including phenoxy) is 3. The maximum Gasteiger partial charge on any atom is 0.306 e. The first kappa shape index (κ1) is 65.8. The number of allylic oxidation sites excluding steroid dienone is 20. The Morgan fingerprint density at radius 3 is 0.871 bits per heavy atom. The minimum absolute atomic E-state index is 0.102. The van der Waals surface area contributed by atoms with Gasteiger partial charge in [0.15, 0.2) is 6.10 Å². The zero-order valence-electron chi connectivity index (χ0n) is 45.2. The van der Waals surface area contributed by atoms with Crippen LogP contribution in [0.4, 0.5) is 0 Å². The minimum atomic E-state index is -0.805. The number of carbonyl (C=O) groups excluding carboxylic acids is 3. The molecular weight excluding hydrogens is 865 g/mol. The molecule has 0 aromatic carbocycles. The first-order valence-electron chi connectivity index (χ1n) is 28.5. The highest BCUT2D eigenvalue weighted by atomic mass is 16.6. The Kier molecular flexibility index (Phi) is 54.0. The first-order valence-corrected chi connectivity index (χ1v) is 28.5. The zero-order chi connectivity index (χ0) is 50.7. The van der Waals surface area contributed by atoms with E-state index < -0.39 is 6.10 Å². The second-order valence-electron chi connectivity index (χ2n) is 18.4. The third kappa shape index (κ3) is 54.7. The summed E-state index contributed by atoms with van der Waals surface area (Å²) in [6.07, 6.45) is 78.9. The van der Waals surface area contributed by atoms with Crippen LogP contribution >= 0.6 is 0 Å². The summed E-state index contributed by atoms with van der Waals surface area (Å²) in [7, 11) is 0. The van der Waals surface area contributed by atoms with Gasteiger partial charge in [-0.2, -0.15) is 0 Å². The molecule has 70 heavy (non-hydrogen) atoms. The Morgan fingerprint density at radius 2 is 0.557 bits per heavy atom. The highest BCUT2D eigenvalue weighted by Crippen LogP contribution is 2.13. The summed E-state index contributed by atoms with van der Waals surface area (Å²) in [6.45, 7) is 6.35. The van der Waals surface area contributed by atoms with E-state index >= 15 is 0 Å². The summed E-state index contributed by atoms with van der Waals surface area (Å²) in [4.78, 5) is 38.2. The van der Waals surface area contributed by atoms with E-state index in [2.05, 4.69) is 142 Å². The molecule has 0 bridgehead atoms.